The van der Waals surface area contributed by atoms with Gasteiger partial charge in [0.25, 0.3) is 0 Å². The molecule has 0 aromatic carbocycles. The van der Waals surface area contributed by atoms with Crippen LogP contribution in [0.25, 0.3) is 0 Å². The van der Waals surface area contributed by atoms with Gasteiger partial charge in [-0.15, -0.1) is 0 Å². The molecule has 0 aromatic rings. The topological polar surface area (TPSA) is 237 Å². The van der Waals surface area contributed by atoms with Crippen LogP contribution >= 0.6 is 15.6 Å². The number of aliphatic hydroxyl groups is 1. The maximum Gasteiger partial charge on any atom is 0.472 e. The fourth-order valence-corrected chi connectivity index (χ4v) is 12.3. The number of carbonyl (C=O) groups is 4. The van der Waals surface area contributed by atoms with Crippen molar-refractivity contribution < 1.29 is 80.2 Å². The van der Waals surface area contributed by atoms with Crippen LogP contribution in [0, 0.1) is 0 Å². The zero-order valence-corrected chi connectivity index (χ0v) is 61.9. The molecule has 5 unspecified atom stereocenters. The predicted molar refractivity (Wildman–Crippen MR) is 381 cm³/mol. The Morgan fingerprint density at radius 3 is 0.745 bits per heavy atom. The summed E-state index contributed by atoms with van der Waals surface area (Å²) >= 11 is 0. The molecule has 5 atom stereocenters. The lowest BCUT2D eigenvalue weighted by Gasteiger charge is -2.21. The van der Waals surface area contributed by atoms with Crippen LogP contribution in [0.1, 0.15) is 362 Å². The summed E-state index contributed by atoms with van der Waals surface area (Å²) in [6.45, 7) is 4.88. The molecule has 0 bridgehead atoms. The maximum absolute atomic E-state index is 13.1. The summed E-state index contributed by atoms with van der Waals surface area (Å²) in [5.74, 6) is -2.16. The molecule has 0 saturated heterocycles. The Morgan fingerprint density at radius 2 is 0.489 bits per heavy atom. The van der Waals surface area contributed by atoms with Gasteiger partial charge in [0.1, 0.15) is 19.3 Å². The second-order valence-corrected chi connectivity index (χ2v) is 28.9. The van der Waals surface area contributed by atoms with Gasteiger partial charge in [0, 0.05) is 25.7 Å². The fraction of sp³-hybridized carbons (Fsp3) is 0.867. The highest BCUT2D eigenvalue weighted by Crippen LogP contribution is 2.45. The third kappa shape index (κ3) is 67.8. The molecule has 3 N–H and O–H groups in total. The maximum atomic E-state index is 13.1. The molecular formula is C75H140O17P2. The van der Waals surface area contributed by atoms with E-state index in [2.05, 4.69) is 64.2 Å². The minimum absolute atomic E-state index is 0.0892. The summed E-state index contributed by atoms with van der Waals surface area (Å²) in [4.78, 5) is 72.7. The number of carbonyl (C=O) groups excluding carboxylic acids is 4. The highest BCUT2D eigenvalue weighted by molar-refractivity contribution is 7.47. The Balaban J connectivity index is 5.30. The quantitative estimate of drug-likeness (QED) is 0.0169. The Hall–Kier alpha value is -2.72. The van der Waals surface area contributed by atoms with Crippen LogP contribution < -0.4 is 0 Å². The average molecular weight is 1380 g/mol. The van der Waals surface area contributed by atoms with Crippen molar-refractivity contribution in [3.05, 3.63) is 36.5 Å². The molecule has 17 nitrogen and oxygen atoms in total. The molecule has 0 amide bonds. The number of unbranched alkanes of at least 4 members (excludes halogenated alkanes) is 41. The van der Waals surface area contributed by atoms with E-state index in [1.54, 1.807) is 0 Å². The summed E-state index contributed by atoms with van der Waals surface area (Å²) in [6.07, 6.45) is 62.7. The molecule has 0 saturated carbocycles. The predicted octanol–water partition coefficient (Wildman–Crippen LogP) is 21.6. The van der Waals surface area contributed by atoms with Gasteiger partial charge in [0.05, 0.1) is 26.4 Å². The van der Waals surface area contributed by atoms with E-state index in [1.807, 2.05) is 0 Å². The van der Waals surface area contributed by atoms with Crippen LogP contribution in [0.15, 0.2) is 36.5 Å². The monoisotopic (exact) mass is 1370 g/mol. The second-order valence-electron chi connectivity index (χ2n) is 25.9. The number of allylic oxidation sites excluding steroid dienone is 6. The van der Waals surface area contributed by atoms with E-state index in [1.165, 1.54) is 141 Å². The molecular weight excluding hydrogens is 1230 g/mol. The molecule has 0 rings (SSSR count). The normalized spacial score (nSPS) is 14.2. The Bertz CT molecular complexity index is 1930. The van der Waals surface area contributed by atoms with Crippen LogP contribution in [-0.2, 0) is 65.4 Å². The number of esters is 4. The van der Waals surface area contributed by atoms with Crippen LogP contribution in [0.4, 0.5) is 0 Å². The zero-order valence-electron chi connectivity index (χ0n) is 60.2. The molecule has 0 aliphatic heterocycles. The third-order valence-corrected chi connectivity index (χ3v) is 18.5. The fourth-order valence-electron chi connectivity index (χ4n) is 10.7. The van der Waals surface area contributed by atoms with Gasteiger partial charge in [-0.25, -0.2) is 9.13 Å². The van der Waals surface area contributed by atoms with E-state index in [9.17, 15) is 43.2 Å². The van der Waals surface area contributed by atoms with Gasteiger partial charge in [0.15, 0.2) is 12.2 Å². The number of rotatable bonds is 73. The number of hydrogen-bond acceptors (Lipinski definition) is 15. The largest absolute Gasteiger partial charge is 0.472 e. The van der Waals surface area contributed by atoms with Gasteiger partial charge in [-0.2, -0.15) is 0 Å². The molecule has 0 aromatic heterocycles. The van der Waals surface area contributed by atoms with Crippen LogP contribution in [0.2, 0.25) is 0 Å². The summed E-state index contributed by atoms with van der Waals surface area (Å²) in [6, 6.07) is 0. The van der Waals surface area contributed by atoms with Gasteiger partial charge in [-0.3, -0.25) is 37.3 Å². The second kappa shape index (κ2) is 68.8. The van der Waals surface area contributed by atoms with E-state index < -0.39 is 97.5 Å². The number of phosphoric ester groups is 2. The van der Waals surface area contributed by atoms with Gasteiger partial charge in [0.2, 0.25) is 0 Å². The van der Waals surface area contributed by atoms with Gasteiger partial charge < -0.3 is 33.8 Å². The van der Waals surface area contributed by atoms with Crippen molar-refractivity contribution in [2.45, 2.75) is 380 Å². The highest BCUT2D eigenvalue weighted by Gasteiger charge is 2.30. The van der Waals surface area contributed by atoms with Crippen LogP contribution in [0.3, 0.4) is 0 Å². The third-order valence-electron chi connectivity index (χ3n) is 16.6. The summed E-state index contributed by atoms with van der Waals surface area (Å²) < 4.78 is 68.4. The van der Waals surface area contributed by atoms with Gasteiger partial charge in [-0.1, -0.05) is 270 Å². The Labute approximate surface area is 573 Å². The van der Waals surface area contributed by atoms with Crippen molar-refractivity contribution in [3.63, 3.8) is 0 Å². The van der Waals surface area contributed by atoms with Crippen molar-refractivity contribution in [2.75, 3.05) is 39.6 Å². The Kier molecular flexibility index (Phi) is 66.8. The molecule has 0 aliphatic rings. The van der Waals surface area contributed by atoms with Crippen molar-refractivity contribution >= 4 is 39.5 Å². The first-order valence-electron chi connectivity index (χ1n) is 38.2. The number of hydrogen-bond donors (Lipinski definition) is 3. The molecule has 0 spiro atoms. The SMILES string of the molecule is CCCCCC/C=C\CCCCCCCC(=O)OCC(COP(=O)(O)OCC(O)COP(=O)(O)OCC(COC(=O)CCCCCCC/C=C\CCCCCCCC)OC(=O)CCCCCCC/C=C\CCCCCC)OC(=O)CCCCCCCCCCCCCCC. The molecule has 0 aliphatic carbocycles. The van der Waals surface area contributed by atoms with E-state index in [-0.39, 0.29) is 25.7 Å². The van der Waals surface area contributed by atoms with Gasteiger partial charge in [-0.05, 0) is 103 Å². The number of phosphoric acid groups is 2. The smallest absolute Gasteiger partial charge is 0.462 e. The zero-order chi connectivity index (χ0) is 69.0. The lowest BCUT2D eigenvalue weighted by molar-refractivity contribution is -0.161. The standard InChI is InChI=1S/C75H140O17P2/c1-5-9-13-17-21-25-29-33-34-38-40-44-48-52-56-60-73(78)86-66-71(92-75(80)62-58-54-50-46-42-37-32-28-24-20-16-12-8-4)68-90-94(83,84)88-64-69(76)63-87-93(81,82)89-67-70(91-74(79)61-57-53-49-45-41-36-31-27-23-19-15-11-7-3)65-85-72(77)59-55-51-47-43-39-35-30-26-22-18-14-10-6-2/h26,28,30,32-34,69-71,76H,5-25,27,29,31,35-68H2,1-4H3,(H,81,82)(H,83,84)/b30-26-,32-28-,34-33-. The van der Waals surface area contributed by atoms with Crippen molar-refractivity contribution in [3.8, 4) is 0 Å². The van der Waals surface area contributed by atoms with Crippen molar-refractivity contribution in [2.24, 2.45) is 0 Å². The minimum Gasteiger partial charge on any atom is -0.462 e. The van der Waals surface area contributed by atoms with E-state index >= 15 is 0 Å². The molecule has 0 heterocycles. The lowest BCUT2D eigenvalue weighted by atomic mass is 10.0. The summed E-state index contributed by atoms with van der Waals surface area (Å²) in [7, 11) is -9.93. The summed E-state index contributed by atoms with van der Waals surface area (Å²) in [5.41, 5.74) is 0. The molecule has 0 radical (unpaired) electrons. The van der Waals surface area contributed by atoms with Crippen molar-refractivity contribution in [1.82, 2.24) is 0 Å². The van der Waals surface area contributed by atoms with E-state index in [0.717, 1.165) is 141 Å². The minimum atomic E-state index is -4.96. The summed E-state index contributed by atoms with van der Waals surface area (Å²) in [5, 5.41) is 10.6. The van der Waals surface area contributed by atoms with Crippen LogP contribution in [-0.4, -0.2) is 96.7 Å². The lowest BCUT2D eigenvalue weighted by Crippen LogP contribution is -2.30. The first-order valence-corrected chi connectivity index (χ1v) is 41.2. The van der Waals surface area contributed by atoms with E-state index in [4.69, 9.17) is 37.0 Å². The van der Waals surface area contributed by atoms with Crippen LogP contribution in [0.5, 0.6) is 0 Å². The van der Waals surface area contributed by atoms with E-state index in [0.29, 0.717) is 25.7 Å². The first kappa shape index (κ1) is 91.3. The highest BCUT2D eigenvalue weighted by atomic mass is 31.2. The van der Waals surface area contributed by atoms with Crippen molar-refractivity contribution in [1.29, 1.82) is 0 Å². The molecule has 552 valence electrons. The number of ether oxygens (including phenoxy) is 4. The number of aliphatic hydroxyl groups excluding tert-OH is 1. The Morgan fingerprint density at radius 1 is 0.287 bits per heavy atom. The molecule has 0 fully saturated rings. The average Bonchev–Trinajstić information content (AvgIpc) is 2.45. The first-order chi connectivity index (χ1) is 45.7. The molecule has 94 heavy (non-hydrogen) atoms. The van der Waals surface area contributed by atoms with Gasteiger partial charge >= 0.3 is 39.5 Å². The molecule has 19 heteroatoms.